The van der Waals surface area contributed by atoms with Crippen molar-refractivity contribution in [3.8, 4) is 11.5 Å². The maximum Gasteiger partial charge on any atom is 0.344 e. The van der Waals surface area contributed by atoms with Gasteiger partial charge in [-0.25, -0.2) is 4.79 Å². The highest BCUT2D eigenvalue weighted by Gasteiger charge is 2.29. The minimum atomic E-state index is -0.614. The van der Waals surface area contributed by atoms with Crippen molar-refractivity contribution in [2.75, 3.05) is 7.11 Å². The molecule has 250 valence electrons. The first-order valence-corrected chi connectivity index (χ1v) is 17.8. The van der Waals surface area contributed by atoms with E-state index in [-0.39, 0.29) is 5.97 Å². The summed E-state index contributed by atoms with van der Waals surface area (Å²) in [7, 11) is 1.42. The molecule has 0 spiro atoms. The number of nitrogens with zero attached hydrogens (tertiary/aromatic N) is 1. The van der Waals surface area contributed by atoms with E-state index in [1.165, 1.54) is 7.11 Å². The summed E-state index contributed by atoms with van der Waals surface area (Å²) < 4.78 is 19.1. The topological polar surface area (TPSA) is 65.1 Å². The molecule has 0 aliphatic rings. The summed E-state index contributed by atoms with van der Waals surface area (Å²) in [4.78, 5) is 29.5. The molecule has 49 heavy (non-hydrogen) atoms. The van der Waals surface area contributed by atoms with Crippen LogP contribution in [0.2, 0.25) is 0 Å². The lowest BCUT2D eigenvalue weighted by molar-refractivity contribution is -0.147. The van der Waals surface area contributed by atoms with Crippen molar-refractivity contribution in [2.45, 2.75) is 39.1 Å². The Morgan fingerprint density at radius 2 is 1.37 bits per heavy atom. The van der Waals surface area contributed by atoms with E-state index in [1.54, 1.807) is 13.0 Å². The number of rotatable bonds is 14. The third-order valence-electron chi connectivity index (χ3n) is 7.99. The summed E-state index contributed by atoms with van der Waals surface area (Å²) in [6, 6.07) is 40.7. The van der Waals surface area contributed by atoms with Crippen LogP contribution in [0.3, 0.4) is 0 Å². The summed E-state index contributed by atoms with van der Waals surface area (Å²) in [6.45, 7) is 3.19. The maximum absolute atomic E-state index is 13.8. The fraction of sp³-hybridized carbons (Fsp3) is 0.171. The standard InChI is InChI=1S/C41H37BrINO5/c1-3-33(40(45)49-39-35(42)20-13-21-36(39)43)34-24-32(22-23-38(34)48-28-31-18-11-6-12-19-31)25-37(41(46)47-2)44(26-29-14-7-4-8-15-29)27-30-16-9-5-10-17-30/h3-24,37H,25-28H2,1-2H3/b33-3-/t37-/m0/s1. The van der Waals surface area contributed by atoms with Crippen molar-refractivity contribution in [1.29, 1.82) is 0 Å². The molecule has 0 saturated heterocycles. The first-order chi connectivity index (χ1) is 23.9. The lowest BCUT2D eigenvalue weighted by Gasteiger charge is -2.30. The number of hydrogen-bond donors (Lipinski definition) is 0. The summed E-state index contributed by atoms with van der Waals surface area (Å²) in [5.74, 6) is 0.110. The average Bonchev–Trinajstić information content (AvgIpc) is 3.13. The van der Waals surface area contributed by atoms with Crippen LogP contribution >= 0.6 is 38.5 Å². The molecule has 5 aromatic carbocycles. The molecule has 0 unspecified atom stereocenters. The largest absolute Gasteiger partial charge is 0.488 e. The molecule has 0 heterocycles. The molecule has 8 heteroatoms. The molecule has 5 aromatic rings. The minimum absolute atomic E-state index is 0.314. The second kappa shape index (κ2) is 17.9. The molecular weight excluding hydrogens is 793 g/mol. The minimum Gasteiger partial charge on any atom is -0.488 e. The molecule has 0 fully saturated rings. The Hall–Kier alpha value is -4.25. The molecule has 5 rings (SSSR count). The quantitative estimate of drug-likeness (QED) is 0.0481. The van der Waals surface area contributed by atoms with Gasteiger partial charge in [0.05, 0.1) is 20.7 Å². The number of carbonyl (C=O) groups excluding carboxylic acids is 2. The first kappa shape index (κ1) is 36.0. The summed E-state index contributed by atoms with van der Waals surface area (Å²) in [5.41, 5.74) is 4.91. The Balaban J connectivity index is 1.51. The van der Waals surface area contributed by atoms with Crippen molar-refractivity contribution in [3.05, 3.63) is 169 Å². The lowest BCUT2D eigenvalue weighted by Crippen LogP contribution is -2.42. The lowest BCUT2D eigenvalue weighted by atomic mass is 9.97. The van der Waals surface area contributed by atoms with Gasteiger partial charge in [-0.2, -0.15) is 0 Å². The molecule has 0 aliphatic heterocycles. The van der Waals surface area contributed by atoms with Crippen LogP contribution in [0.5, 0.6) is 11.5 Å². The first-order valence-electron chi connectivity index (χ1n) is 15.9. The fourth-order valence-electron chi connectivity index (χ4n) is 5.52. The number of benzene rings is 5. The predicted octanol–water partition coefficient (Wildman–Crippen LogP) is 9.43. The highest BCUT2D eigenvalue weighted by molar-refractivity contribution is 14.1. The molecule has 0 bridgehead atoms. The van der Waals surface area contributed by atoms with E-state index in [4.69, 9.17) is 14.2 Å². The molecule has 1 atom stereocenters. The fourth-order valence-corrected chi connectivity index (χ4v) is 6.95. The Kier molecular flexibility index (Phi) is 13.2. The van der Waals surface area contributed by atoms with Crippen molar-refractivity contribution in [3.63, 3.8) is 0 Å². The normalized spacial score (nSPS) is 12.0. The van der Waals surface area contributed by atoms with Crippen LogP contribution in [0.4, 0.5) is 0 Å². The Labute approximate surface area is 310 Å². The Morgan fingerprint density at radius 3 is 1.92 bits per heavy atom. The van der Waals surface area contributed by atoms with Gasteiger partial charge in [0.1, 0.15) is 18.4 Å². The Morgan fingerprint density at radius 1 is 0.776 bits per heavy atom. The molecule has 0 amide bonds. The molecule has 0 N–H and O–H groups in total. The number of hydrogen-bond acceptors (Lipinski definition) is 6. The molecule has 0 radical (unpaired) electrons. The number of carbonyl (C=O) groups is 2. The number of ether oxygens (including phenoxy) is 3. The van der Waals surface area contributed by atoms with Gasteiger partial charge >= 0.3 is 11.9 Å². The highest BCUT2D eigenvalue weighted by atomic mass is 127. The SMILES string of the molecule is C/C=C(\C(=O)Oc1c(Br)cccc1I)c1cc(C[C@@H](C(=O)OC)N(Cc2ccccc2)Cc2ccccc2)ccc1OCc1ccccc1. The van der Waals surface area contributed by atoms with Gasteiger partial charge in [-0.3, -0.25) is 9.69 Å². The summed E-state index contributed by atoms with van der Waals surface area (Å²) >= 11 is 5.66. The van der Waals surface area contributed by atoms with Gasteiger partial charge in [-0.05, 0) is 98.4 Å². The smallest absolute Gasteiger partial charge is 0.344 e. The van der Waals surface area contributed by atoms with Gasteiger partial charge in [-0.1, -0.05) is 109 Å². The van der Waals surface area contributed by atoms with Crippen molar-refractivity contribution < 1.29 is 23.8 Å². The third-order valence-corrected chi connectivity index (χ3v) is 9.47. The van der Waals surface area contributed by atoms with Gasteiger partial charge in [0.15, 0.2) is 5.75 Å². The molecule has 6 nitrogen and oxygen atoms in total. The van der Waals surface area contributed by atoms with E-state index in [0.29, 0.717) is 53.2 Å². The van der Waals surface area contributed by atoms with Gasteiger partial charge in [0, 0.05) is 18.7 Å². The van der Waals surface area contributed by atoms with Crippen molar-refractivity contribution >= 4 is 56.0 Å². The predicted molar refractivity (Wildman–Crippen MR) is 205 cm³/mol. The van der Waals surface area contributed by atoms with E-state index in [9.17, 15) is 9.59 Å². The van der Waals surface area contributed by atoms with Gasteiger partial charge in [-0.15, -0.1) is 0 Å². The summed E-state index contributed by atoms with van der Waals surface area (Å²) in [5, 5.41) is 0. The number of halogens is 2. The highest BCUT2D eigenvalue weighted by Crippen LogP contribution is 2.34. The van der Waals surface area contributed by atoms with E-state index in [1.807, 2.05) is 103 Å². The third kappa shape index (κ3) is 9.90. The monoisotopic (exact) mass is 829 g/mol. The van der Waals surface area contributed by atoms with Crippen LogP contribution in [0, 0.1) is 3.57 Å². The van der Waals surface area contributed by atoms with Crippen LogP contribution in [0.15, 0.2) is 138 Å². The maximum atomic E-state index is 13.8. The number of para-hydroxylation sites is 1. The van der Waals surface area contributed by atoms with E-state index < -0.39 is 12.0 Å². The molecule has 0 aliphatic carbocycles. The number of methoxy groups -OCH3 is 1. The number of allylic oxidation sites excluding steroid dienone is 1. The van der Waals surface area contributed by atoms with Crippen LogP contribution in [-0.2, 0) is 40.4 Å². The Bertz CT molecular complexity index is 1820. The van der Waals surface area contributed by atoms with E-state index in [2.05, 4.69) is 67.7 Å². The van der Waals surface area contributed by atoms with Crippen LogP contribution in [-0.4, -0.2) is 30.0 Å². The zero-order valence-electron chi connectivity index (χ0n) is 27.4. The summed E-state index contributed by atoms with van der Waals surface area (Å²) in [6.07, 6.45) is 2.07. The second-order valence-electron chi connectivity index (χ2n) is 11.4. The molecule has 0 aromatic heterocycles. The molecular formula is C41H37BrINO5. The average molecular weight is 831 g/mol. The van der Waals surface area contributed by atoms with E-state index >= 15 is 0 Å². The molecule has 0 saturated carbocycles. The van der Waals surface area contributed by atoms with Gasteiger partial charge < -0.3 is 14.2 Å². The van der Waals surface area contributed by atoms with Crippen molar-refractivity contribution in [2.24, 2.45) is 0 Å². The van der Waals surface area contributed by atoms with Gasteiger partial charge in [0.2, 0.25) is 0 Å². The van der Waals surface area contributed by atoms with Crippen LogP contribution < -0.4 is 9.47 Å². The van der Waals surface area contributed by atoms with Crippen LogP contribution in [0.1, 0.15) is 34.7 Å². The zero-order chi connectivity index (χ0) is 34.6. The second-order valence-corrected chi connectivity index (χ2v) is 13.4. The van der Waals surface area contributed by atoms with E-state index in [0.717, 1.165) is 25.8 Å². The number of esters is 2. The van der Waals surface area contributed by atoms with Gasteiger partial charge in [0.25, 0.3) is 0 Å². The van der Waals surface area contributed by atoms with Crippen LogP contribution in [0.25, 0.3) is 5.57 Å². The zero-order valence-corrected chi connectivity index (χ0v) is 31.1. The van der Waals surface area contributed by atoms with Crippen molar-refractivity contribution in [1.82, 2.24) is 4.90 Å².